The quantitative estimate of drug-likeness (QED) is 0.722. The second-order valence-electron chi connectivity index (χ2n) is 5.64. The Morgan fingerprint density at radius 1 is 1.22 bits per heavy atom. The van der Waals surface area contributed by atoms with Gasteiger partial charge in [-0.2, -0.15) is 0 Å². The van der Waals surface area contributed by atoms with Gasteiger partial charge in [-0.3, -0.25) is 0 Å². The predicted octanol–water partition coefficient (Wildman–Crippen LogP) is 2.51. The molecule has 1 aliphatic rings. The van der Waals surface area contributed by atoms with E-state index >= 15 is 0 Å². The highest BCUT2D eigenvalue weighted by atomic mass is 16.5. The van der Waals surface area contributed by atoms with Crippen molar-refractivity contribution in [1.82, 2.24) is 10.2 Å². The molecule has 3 heteroatoms. The second-order valence-corrected chi connectivity index (χ2v) is 5.64. The number of nitrogens with one attached hydrogen (secondary N) is 1. The molecule has 1 saturated heterocycles. The minimum absolute atomic E-state index is 0.331. The summed E-state index contributed by atoms with van der Waals surface area (Å²) in [7, 11) is 0. The maximum atomic E-state index is 5.56. The monoisotopic (exact) mass is 256 g/mol. The lowest BCUT2D eigenvalue weighted by Crippen LogP contribution is -2.44. The van der Waals surface area contributed by atoms with Gasteiger partial charge in [-0.25, -0.2) is 0 Å². The molecule has 108 valence electrons. The molecule has 0 amide bonds. The summed E-state index contributed by atoms with van der Waals surface area (Å²) in [6.45, 7) is 14.4. The van der Waals surface area contributed by atoms with E-state index in [0.717, 1.165) is 19.1 Å². The molecule has 1 heterocycles. The van der Waals surface area contributed by atoms with Gasteiger partial charge in [-0.05, 0) is 65.6 Å². The van der Waals surface area contributed by atoms with E-state index in [9.17, 15) is 0 Å². The zero-order valence-electron chi connectivity index (χ0n) is 12.7. The fourth-order valence-electron chi connectivity index (χ4n) is 2.85. The minimum Gasteiger partial charge on any atom is -0.377 e. The van der Waals surface area contributed by atoms with Gasteiger partial charge in [0.05, 0.1) is 6.10 Å². The SMILES string of the molecule is CCCN1CCC(C(C)NCC(C)OCC)CC1. The predicted molar refractivity (Wildman–Crippen MR) is 78.0 cm³/mol. The summed E-state index contributed by atoms with van der Waals surface area (Å²) in [6.07, 6.45) is 4.30. The summed E-state index contributed by atoms with van der Waals surface area (Å²) in [5, 5.41) is 3.64. The second kappa shape index (κ2) is 8.89. The summed E-state index contributed by atoms with van der Waals surface area (Å²) in [5.74, 6) is 0.840. The standard InChI is InChI=1S/C15H32N2O/c1-5-9-17-10-7-15(8-11-17)14(4)16-12-13(3)18-6-2/h13-16H,5-12H2,1-4H3. The van der Waals surface area contributed by atoms with Crippen molar-refractivity contribution in [3.8, 4) is 0 Å². The van der Waals surface area contributed by atoms with Crippen LogP contribution < -0.4 is 5.32 Å². The van der Waals surface area contributed by atoms with E-state index in [4.69, 9.17) is 4.74 Å². The normalized spacial score (nSPS) is 22.0. The maximum absolute atomic E-state index is 5.56. The van der Waals surface area contributed by atoms with Crippen LogP contribution in [0.2, 0.25) is 0 Å². The Morgan fingerprint density at radius 2 is 1.89 bits per heavy atom. The number of nitrogens with zero attached hydrogens (tertiary/aromatic N) is 1. The van der Waals surface area contributed by atoms with Crippen LogP contribution in [0, 0.1) is 5.92 Å². The summed E-state index contributed by atoms with van der Waals surface area (Å²) in [4.78, 5) is 2.60. The van der Waals surface area contributed by atoms with Crippen LogP contribution in [0.4, 0.5) is 0 Å². The van der Waals surface area contributed by atoms with Crippen LogP contribution in [0.5, 0.6) is 0 Å². The van der Waals surface area contributed by atoms with Gasteiger partial charge in [0.2, 0.25) is 0 Å². The summed E-state index contributed by atoms with van der Waals surface area (Å²) < 4.78 is 5.56. The Labute approximate surface area is 113 Å². The number of rotatable bonds is 8. The lowest BCUT2D eigenvalue weighted by Gasteiger charge is -2.35. The summed E-state index contributed by atoms with van der Waals surface area (Å²) >= 11 is 0. The highest BCUT2D eigenvalue weighted by molar-refractivity contribution is 4.79. The van der Waals surface area contributed by atoms with Gasteiger partial charge in [0, 0.05) is 19.2 Å². The van der Waals surface area contributed by atoms with Crippen LogP contribution in [0.1, 0.15) is 47.0 Å². The third-order valence-corrected chi connectivity index (χ3v) is 4.06. The highest BCUT2D eigenvalue weighted by Gasteiger charge is 2.23. The molecule has 0 aromatic heterocycles. The number of ether oxygens (including phenoxy) is 1. The van der Waals surface area contributed by atoms with Gasteiger partial charge in [-0.15, -0.1) is 0 Å². The molecule has 1 fully saturated rings. The molecule has 1 aliphatic heterocycles. The molecule has 0 radical (unpaired) electrons. The zero-order chi connectivity index (χ0) is 13.4. The molecule has 0 aliphatic carbocycles. The van der Waals surface area contributed by atoms with Crippen molar-refractivity contribution in [2.24, 2.45) is 5.92 Å². The molecule has 0 aromatic rings. The summed E-state index contributed by atoms with van der Waals surface area (Å²) in [5.41, 5.74) is 0. The van der Waals surface area contributed by atoms with Crippen LogP contribution >= 0.6 is 0 Å². The lowest BCUT2D eigenvalue weighted by atomic mass is 9.90. The third kappa shape index (κ3) is 5.68. The fourth-order valence-corrected chi connectivity index (χ4v) is 2.85. The molecular weight excluding hydrogens is 224 g/mol. The van der Waals surface area contributed by atoms with E-state index in [0.29, 0.717) is 12.1 Å². The van der Waals surface area contributed by atoms with Gasteiger partial charge in [0.25, 0.3) is 0 Å². The van der Waals surface area contributed by atoms with E-state index in [1.165, 1.54) is 38.9 Å². The average molecular weight is 256 g/mol. The number of likely N-dealkylation sites (tertiary alicyclic amines) is 1. The lowest BCUT2D eigenvalue weighted by molar-refractivity contribution is 0.0702. The first kappa shape index (κ1) is 15.9. The average Bonchev–Trinajstić information content (AvgIpc) is 2.37. The van der Waals surface area contributed by atoms with E-state index < -0.39 is 0 Å². The molecule has 1 rings (SSSR count). The third-order valence-electron chi connectivity index (χ3n) is 4.06. The molecule has 3 nitrogen and oxygen atoms in total. The van der Waals surface area contributed by atoms with Crippen molar-refractivity contribution < 1.29 is 4.74 Å². The van der Waals surface area contributed by atoms with Gasteiger partial charge in [0.1, 0.15) is 0 Å². The first-order valence-corrected chi connectivity index (χ1v) is 7.74. The van der Waals surface area contributed by atoms with Crippen LogP contribution in [0.3, 0.4) is 0 Å². The molecule has 1 N–H and O–H groups in total. The largest absolute Gasteiger partial charge is 0.377 e. The molecule has 2 unspecified atom stereocenters. The number of hydrogen-bond acceptors (Lipinski definition) is 3. The molecule has 18 heavy (non-hydrogen) atoms. The van der Waals surface area contributed by atoms with Gasteiger partial charge >= 0.3 is 0 Å². The molecule has 2 atom stereocenters. The Bertz CT molecular complexity index is 203. The highest BCUT2D eigenvalue weighted by Crippen LogP contribution is 2.20. The van der Waals surface area contributed by atoms with E-state index in [-0.39, 0.29) is 0 Å². The topological polar surface area (TPSA) is 24.5 Å². The van der Waals surface area contributed by atoms with Crippen LogP contribution in [0.15, 0.2) is 0 Å². The van der Waals surface area contributed by atoms with Crippen molar-refractivity contribution in [2.75, 3.05) is 32.8 Å². The van der Waals surface area contributed by atoms with Gasteiger partial charge in [0.15, 0.2) is 0 Å². The molecule has 0 aromatic carbocycles. The van der Waals surface area contributed by atoms with Crippen LogP contribution in [-0.2, 0) is 4.74 Å². The molecule has 0 spiro atoms. The molecular formula is C15H32N2O. The van der Waals surface area contributed by atoms with Crippen LogP contribution in [0.25, 0.3) is 0 Å². The van der Waals surface area contributed by atoms with Crippen molar-refractivity contribution in [3.63, 3.8) is 0 Å². The summed E-state index contributed by atoms with van der Waals surface area (Å²) in [6, 6.07) is 0.622. The Morgan fingerprint density at radius 3 is 2.44 bits per heavy atom. The van der Waals surface area contributed by atoms with Crippen molar-refractivity contribution in [1.29, 1.82) is 0 Å². The number of piperidine rings is 1. The first-order chi connectivity index (χ1) is 8.67. The van der Waals surface area contributed by atoms with E-state index in [2.05, 4.69) is 37.9 Å². The molecule has 0 bridgehead atoms. The molecule has 0 saturated carbocycles. The van der Waals surface area contributed by atoms with Gasteiger partial charge < -0.3 is 15.0 Å². The Kier molecular flexibility index (Phi) is 7.87. The zero-order valence-corrected chi connectivity index (χ0v) is 12.7. The van der Waals surface area contributed by atoms with Crippen molar-refractivity contribution >= 4 is 0 Å². The fraction of sp³-hybridized carbons (Fsp3) is 1.00. The van der Waals surface area contributed by atoms with Crippen molar-refractivity contribution in [3.05, 3.63) is 0 Å². The first-order valence-electron chi connectivity index (χ1n) is 7.74. The van der Waals surface area contributed by atoms with Crippen molar-refractivity contribution in [2.45, 2.75) is 59.1 Å². The van der Waals surface area contributed by atoms with Gasteiger partial charge in [-0.1, -0.05) is 6.92 Å². The van der Waals surface area contributed by atoms with E-state index in [1.807, 2.05) is 0 Å². The maximum Gasteiger partial charge on any atom is 0.0671 e. The Hall–Kier alpha value is -0.120. The number of hydrogen-bond donors (Lipinski definition) is 1. The minimum atomic E-state index is 0.331. The smallest absolute Gasteiger partial charge is 0.0671 e. The Balaban J connectivity index is 2.17. The van der Waals surface area contributed by atoms with E-state index in [1.54, 1.807) is 0 Å². The van der Waals surface area contributed by atoms with Crippen LogP contribution in [-0.4, -0.2) is 49.8 Å².